The van der Waals surface area contributed by atoms with Crippen LogP contribution in [-0.4, -0.2) is 50.6 Å². The summed E-state index contributed by atoms with van der Waals surface area (Å²) < 4.78 is 40.5. The Hall–Kier alpha value is -2.35. The number of piperidine rings is 1. The van der Waals surface area contributed by atoms with Gasteiger partial charge in [0, 0.05) is 30.9 Å². The number of hydrogen-bond acceptors (Lipinski definition) is 3. The van der Waals surface area contributed by atoms with Crippen LogP contribution in [0.3, 0.4) is 0 Å². The summed E-state index contributed by atoms with van der Waals surface area (Å²) in [6, 6.07) is 9.79. The summed E-state index contributed by atoms with van der Waals surface area (Å²) in [5.74, 6) is -1.21. The Balaban J connectivity index is 1.73. The molecule has 1 aromatic carbocycles. The van der Waals surface area contributed by atoms with Crippen LogP contribution in [0.5, 0.6) is 0 Å². The zero-order chi connectivity index (χ0) is 19.8. The molecule has 1 atom stereocenters. The highest BCUT2D eigenvalue weighted by atomic mass is 19.4. The summed E-state index contributed by atoms with van der Waals surface area (Å²) in [6.07, 6.45) is -2.28. The highest BCUT2D eigenvalue weighted by Gasteiger charge is 2.57. The van der Waals surface area contributed by atoms with E-state index in [1.54, 1.807) is 6.20 Å². The summed E-state index contributed by atoms with van der Waals surface area (Å²) in [5, 5.41) is 14.0. The van der Waals surface area contributed by atoms with E-state index in [1.165, 1.54) is 0 Å². The van der Waals surface area contributed by atoms with Crippen LogP contribution >= 0.6 is 0 Å². The van der Waals surface area contributed by atoms with E-state index in [0.717, 1.165) is 21.8 Å². The molecule has 0 saturated carbocycles. The molecule has 1 amide bonds. The Bertz CT molecular complexity index is 822. The molecule has 5 nitrogen and oxygen atoms in total. The Labute approximate surface area is 155 Å². The first-order chi connectivity index (χ1) is 12.6. The molecule has 1 aromatic heterocycles. The molecule has 0 aliphatic carbocycles. The molecule has 1 N–H and O–H groups in total. The smallest absolute Gasteiger partial charge is 0.373 e. The monoisotopic (exact) mass is 381 g/mol. The highest BCUT2D eigenvalue weighted by molar-refractivity contribution is 5.85. The number of halogens is 3. The van der Waals surface area contributed by atoms with Gasteiger partial charge in [-0.2, -0.15) is 18.3 Å². The first kappa shape index (κ1) is 19.4. The lowest BCUT2D eigenvalue weighted by Gasteiger charge is -2.36. The molecule has 27 heavy (non-hydrogen) atoms. The minimum Gasteiger partial charge on any atom is -0.373 e. The number of aromatic nitrogens is 2. The van der Waals surface area contributed by atoms with Crippen molar-refractivity contribution in [1.29, 1.82) is 0 Å². The zero-order valence-electron chi connectivity index (χ0n) is 15.2. The van der Waals surface area contributed by atoms with E-state index >= 15 is 0 Å². The standard InChI is InChI=1S/C19H22F3N3O2/c1-13-4-3-5-15(12-13)25-16(6-9-23-25)14-7-10-24(11-8-14)17(26)18(2,27)19(20,21)22/h3-6,9,12,14,27H,7-8,10-11H2,1-2H3. The number of amides is 1. The Morgan fingerprint density at radius 1 is 1.22 bits per heavy atom. The number of rotatable bonds is 3. The van der Waals surface area contributed by atoms with Crippen molar-refractivity contribution >= 4 is 5.91 Å². The van der Waals surface area contributed by atoms with Crippen molar-refractivity contribution < 1.29 is 23.1 Å². The number of hydrogen-bond donors (Lipinski definition) is 1. The molecule has 2 heterocycles. The molecular weight excluding hydrogens is 359 g/mol. The van der Waals surface area contributed by atoms with E-state index in [2.05, 4.69) is 5.10 Å². The van der Waals surface area contributed by atoms with E-state index in [4.69, 9.17) is 0 Å². The summed E-state index contributed by atoms with van der Waals surface area (Å²) in [5.41, 5.74) is -0.365. The predicted octanol–water partition coefficient (Wildman–Crippen LogP) is 3.20. The molecule has 1 aliphatic rings. The molecule has 1 saturated heterocycles. The lowest BCUT2D eigenvalue weighted by molar-refractivity contribution is -0.250. The van der Waals surface area contributed by atoms with Gasteiger partial charge in [0.15, 0.2) is 0 Å². The largest absolute Gasteiger partial charge is 0.426 e. The van der Waals surface area contributed by atoms with Crippen LogP contribution in [0.15, 0.2) is 36.5 Å². The number of alkyl halides is 3. The first-order valence-electron chi connectivity index (χ1n) is 8.80. The average Bonchev–Trinajstić information content (AvgIpc) is 3.10. The fourth-order valence-corrected chi connectivity index (χ4v) is 3.41. The van der Waals surface area contributed by atoms with Gasteiger partial charge in [-0.25, -0.2) is 4.68 Å². The van der Waals surface area contributed by atoms with Crippen molar-refractivity contribution in [3.63, 3.8) is 0 Å². The minimum atomic E-state index is -5.00. The molecule has 1 unspecified atom stereocenters. The maximum atomic E-state index is 12.9. The summed E-state index contributed by atoms with van der Waals surface area (Å²) in [6.45, 7) is 2.82. The van der Waals surface area contributed by atoms with Gasteiger partial charge < -0.3 is 10.0 Å². The second-order valence-corrected chi connectivity index (χ2v) is 7.14. The quantitative estimate of drug-likeness (QED) is 0.888. The van der Waals surface area contributed by atoms with Crippen LogP contribution in [0.1, 0.15) is 36.9 Å². The van der Waals surface area contributed by atoms with E-state index < -0.39 is 17.7 Å². The van der Waals surface area contributed by atoms with Crippen LogP contribution in [0.4, 0.5) is 13.2 Å². The van der Waals surface area contributed by atoms with Crippen molar-refractivity contribution in [3.05, 3.63) is 47.8 Å². The molecule has 3 rings (SSSR count). The lowest BCUT2D eigenvalue weighted by Crippen LogP contribution is -2.57. The second kappa shape index (κ2) is 6.99. The molecule has 0 spiro atoms. The van der Waals surface area contributed by atoms with Crippen molar-refractivity contribution in [3.8, 4) is 5.69 Å². The van der Waals surface area contributed by atoms with Crippen molar-refractivity contribution in [2.75, 3.05) is 13.1 Å². The third-order valence-corrected chi connectivity index (χ3v) is 5.09. The average molecular weight is 381 g/mol. The molecule has 0 radical (unpaired) electrons. The van der Waals surface area contributed by atoms with Crippen molar-refractivity contribution in [1.82, 2.24) is 14.7 Å². The number of aryl methyl sites for hydroxylation is 1. The molecule has 1 aliphatic heterocycles. The van der Waals surface area contributed by atoms with Crippen LogP contribution in [0.2, 0.25) is 0 Å². The predicted molar refractivity (Wildman–Crippen MR) is 93.5 cm³/mol. The van der Waals surface area contributed by atoms with E-state index in [0.29, 0.717) is 19.8 Å². The fraction of sp³-hybridized carbons (Fsp3) is 0.474. The normalized spacial score (nSPS) is 18.4. The topological polar surface area (TPSA) is 58.4 Å². The van der Waals surface area contributed by atoms with Gasteiger partial charge in [0.1, 0.15) is 0 Å². The van der Waals surface area contributed by atoms with Crippen LogP contribution in [-0.2, 0) is 4.79 Å². The molecule has 8 heteroatoms. The SMILES string of the molecule is Cc1cccc(-n2nccc2C2CCN(C(=O)C(C)(O)C(F)(F)F)CC2)c1. The first-order valence-corrected chi connectivity index (χ1v) is 8.80. The lowest BCUT2D eigenvalue weighted by atomic mass is 9.92. The number of aliphatic hydroxyl groups is 1. The van der Waals surface area contributed by atoms with Crippen LogP contribution in [0.25, 0.3) is 5.69 Å². The Kier molecular flexibility index (Phi) is 5.03. The Morgan fingerprint density at radius 3 is 2.48 bits per heavy atom. The molecule has 146 valence electrons. The van der Waals surface area contributed by atoms with Gasteiger partial charge in [0.25, 0.3) is 5.91 Å². The second-order valence-electron chi connectivity index (χ2n) is 7.14. The van der Waals surface area contributed by atoms with Crippen LogP contribution in [0, 0.1) is 6.92 Å². The van der Waals surface area contributed by atoms with Gasteiger partial charge in [-0.1, -0.05) is 12.1 Å². The zero-order valence-corrected chi connectivity index (χ0v) is 15.2. The highest BCUT2D eigenvalue weighted by Crippen LogP contribution is 2.34. The third kappa shape index (κ3) is 3.71. The number of likely N-dealkylation sites (tertiary alicyclic amines) is 1. The molecular formula is C19H22F3N3O2. The number of benzene rings is 1. The van der Waals surface area contributed by atoms with Crippen LogP contribution < -0.4 is 0 Å². The van der Waals surface area contributed by atoms with Gasteiger partial charge in [-0.15, -0.1) is 0 Å². The fourth-order valence-electron chi connectivity index (χ4n) is 3.41. The van der Waals surface area contributed by atoms with E-state index in [9.17, 15) is 23.1 Å². The van der Waals surface area contributed by atoms with E-state index in [1.807, 2.05) is 41.9 Å². The minimum absolute atomic E-state index is 0.0768. The Morgan fingerprint density at radius 2 is 1.89 bits per heavy atom. The maximum Gasteiger partial charge on any atom is 0.426 e. The third-order valence-electron chi connectivity index (χ3n) is 5.09. The number of carbonyl (C=O) groups is 1. The van der Waals surface area contributed by atoms with Crippen molar-refractivity contribution in [2.45, 2.75) is 44.4 Å². The summed E-state index contributed by atoms with van der Waals surface area (Å²) in [7, 11) is 0. The summed E-state index contributed by atoms with van der Waals surface area (Å²) >= 11 is 0. The molecule has 0 bridgehead atoms. The van der Waals surface area contributed by atoms with Crippen molar-refractivity contribution in [2.24, 2.45) is 0 Å². The maximum absolute atomic E-state index is 12.9. The van der Waals surface area contributed by atoms with Gasteiger partial charge in [-0.05, 0) is 50.5 Å². The van der Waals surface area contributed by atoms with Gasteiger partial charge in [0.05, 0.1) is 5.69 Å². The number of nitrogens with zero attached hydrogens (tertiary/aromatic N) is 3. The van der Waals surface area contributed by atoms with Gasteiger partial charge >= 0.3 is 6.18 Å². The molecule has 1 fully saturated rings. The molecule has 2 aromatic rings. The summed E-state index contributed by atoms with van der Waals surface area (Å²) in [4.78, 5) is 13.2. The van der Waals surface area contributed by atoms with E-state index in [-0.39, 0.29) is 19.0 Å². The van der Waals surface area contributed by atoms with Gasteiger partial charge in [-0.3, -0.25) is 4.79 Å². The number of carbonyl (C=O) groups excluding carboxylic acids is 1. The van der Waals surface area contributed by atoms with Gasteiger partial charge in [0.2, 0.25) is 5.60 Å².